The minimum Gasteiger partial charge on any atom is -0.306 e. The molecule has 0 aliphatic heterocycles. The number of nitrogens with one attached hydrogen (secondary N) is 1. The number of hydrogen-bond acceptors (Lipinski definition) is 2. The number of aromatic nitrogens is 2. The molecule has 0 fully saturated rings. The molecule has 18 heavy (non-hydrogen) atoms. The lowest BCUT2D eigenvalue weighted by Gasteiger charge is -2.05. The standard InChI is InChI=1S/C14H13FN2O/c1-8-5-6-9(7-11(8)15)13-16-12-4-2-3-10(12)14(18)17-13/h5-7H,2-4H2,1H3,(H,16,17,18). The van der Waals surface area contributed by atoms with Gasteiger partial charge in [0.25, 0.3) is 5.56 Å². The number of nitrogens with zero attached hydrogens (tertiary/aromatic N) is 1. The average Bonchev–Trinajstić information content (AvgIpc) is 2.81. The maximum Gasteiger partial charge on any atom is 0.254 e. The van der Waals surface area contributed by atoms with Crippen molar-refractivity contribution in [3.8, 4) is 11.4 Å². The maximum atomic E-state index is 13.5. The van der Waals surface area contributed by atoms with Crippen LogP contribution in [-0.4, -0.2) is 9.97 Å². The van der Waals surface area contributed by atoms with Gasteiger partial charge in [0.15, 0.2) is 0 Å². The first kappa shape index (κ1) is 11.1. The van der Waals surface area contributed by atoms with Crippen molar-refractivity contribution in [3.63, 3.8) is 0 Å². The molecule has 0 saturated heterocycles. The van der Waals surface area contributed by atoms with E-state index in [0.717, 1.165) is 30.5 Å². The number of aryl methyl sites for hydroxylation is 2. The van der Waals surface area contributed by atoms with Crippen LogP contribution in [0.2, 0.25) is 0 Å². The van der Waals surface area contributed by atoms with Crippen molar-refractivity contribution in [2.24, 2.45) is 0 Å². The van der Waals surface area contributed by atoms with Gasteiger partial charge in [0.1, 0.15) is 11.6 Å². The molecule has 1 aromatic heterocycles. The second kappa shape index (κ2) is 4.05. The third kappa shape index (κ3) is 1.74. The van der Waals surface area contributed by atoms with E-state index in [-0.39, 0.29) is 11.4 Å². The van der Waals surface area contributed by atoms with E-state index in [9.17, 15) is 9.18 Å². The lowest BCUT2D eigenvalue weighted by molar-refractivity contribution is 0.619. The van der Waals surface area contributed by atoms with Gasteiger partial charge >= 0.3 is 0 Å². The quantitative estimate of drug-likeness (QED) is 0.837. The lowest BCUT2D eigenvalue weighted by atomic mass is 10.1. The Labute approximate surface area is 104 Å². The number of benzene rings is 1. The van der Waals surface area contributed by atoms with E-state index in [2.05, 4.69) is 9.97 Å². The largest absolute Gasteiger partial charge is 0.306 e. The van der Waals surface area contributed by atoms with E-state index in [1.165, 1.54) is 6.07 Å². The molecule has 0 amide bonds. The molecule has 92 valence electrons. The first-order valence-electron chi connectivity index (χ1n) is 6.04. The summed E-state index contributed by atoms with van der Waals surface area (Å²) in [4.78, 5) is 19.0. The second-order valence-corrected chi connectivity index (χ2v) is 4.66. The number of fused-ring (bicyclic) bond motifs is 1. The second-order valence-electron chi connectivity index (χ2n) is 4.66. The van der Waals surface area contributed by atoms with Gasteiger partial charge in [0.2, 0.25) is 0 Å². The van der Waals surface area contributed by atoms with Crippen LogP contribution in [0.3, 0.4) is 0 Å². The Morgan fingerprint density at radius 3 is 2.94 bits per heavy atom. The van der Waals surface area contributed by atoms with Gasteiger partial charge in [-0.25, -0.2) is 9.37 Å². The first-order chi connectivity index (χ1) is 8.65. The van der Waals surface area contributed by atoms with Gasteiger partial charge in [-0.05, 0) is 37.8 Å². The zero-order chi connectivity index (χ0) is 12.7. The van der Waals surface area contributed by atoms with E-state index in [0.29, 0.717) is 17.0 Å². The molecule has 1 N–H and O–H groups in total. The zero-order valence-corrected chi connectivity index (χ0v) is 10.1. The average molecular weight is 244 g/mol. The molecule has 3 nitrogen and oxygen atoms in total. The molecular formula is C14H13FN2O. The van der Waals surface area contributed by atoms with E-state index < -0.39 is 0 Å². The molecule has 1 heterocycles. The third-order valence-electron chi connectivity index (χ3n) is 3.39. The molecular weight excluding hydrogens is 231 g/mol. The monoisotopic (exact) mass is 244 g/mol. The van der Waals surface area contributed by atoms with Crippen LogP contribution in [0.4, 0.5) is 4.39 Å². The van der Waals surface area contributed by atoms with Crippen LogP contribution >= 0.6 is 0 Å². The van der Waals surface area contributed by atoms with E-state index in [1.54, 1.807) is 19.1 Å². The van der Waals surface area contributed by atoms with Crippen LogP contribution in [0.15, 0.2) is 23.0 Å². The molecule has 1 aromatic carbocycles. The zero-order valence-electron chi connectivity index (χ0n) is 10.1. The Kier molecular flexibility index (Phi) is 2.51. The number of H-pyrrole nitrogens is 1. The van der Waals surface area contributed by atoms with Crippen molar-refractivity contribution in [2.75, 3.05) is 0 Å². The lowest BCUT2D eigenvalue weighted by Crippen LogP contribution is -2.15. The summed E-state index contributed by atoms with van der Waals surface area (Å²) in [5.74, 6) is 0.176. The summed E-state index contributed by atoms with van der Waals surface area (Å²) in [6.45, 7) is 1.71. The third-order valence-corrected chi connectivity index (χ3v) is 3.39. The number of halogens is 1. The summed E-state index contributed by atoms with van der Waals surface area (Å²) < 4.78 is 13.5. The Morgan fingerprint density at radius 2 is 2.17 bits per heavy atom. The molecule has 0 unspecified atom stereocenters. The summed E-state index contributed by atoms with van der Waals surface area (Å²) in [6, 6.07) is 4.88. The smallest absolute Gasteiger partial charge is 0.254 e. The van der Waals surface area contributed by atoms with Crippen molar-refractivity contribution in [3.05, 3.63) is 51.2 Å². The van der Waals surface area contributed by atoms with E-state index >= 15 is 0 Å². The molecule has 1 aliphatic rings. The molecule has 0 radical (unpaired) electrons. The summed E-state index contributed by atoms with van der Waals surface area (Å²) in [6.07, 6.45) is 2.60. The van der Waals surface area contributed by atoms with Gasteiger partial charge in [0.05, 0.1) is 5.69 Å². The van der Waals surface area contributed by atoms with Crippen molar-refractivity contribution in [2.45, 2.75) is 26.2 Å². The normalized spacial score (nSPS) is 13.7. The molecule has 0 saturated carbocycles. The van der Waals surface area contributed by atoms with Crippen LogP contribution in [0.5, 0.6) is 0 Å². The van der Waals surface area contributed by atoms with Crippen molar-refractivity contribution in [1.82, 2.24) is 9.97 Å². The van der Waals surface area contributed by atoms with Gasteiger partial charge in [-0.2, -0.15) is 0 Å². The van der Waals surface area contributed by atoms with Gasteiger partial charge in [-0.1, -0.05) is 12.1 Å². The van der Waals surface area contributed by atoms with Crippen molar-refractivity contribution in [1.29, 1.82) is 0 Å². The summed E-state index contributed by atoms with van der Waals surface area (Å²) in [5.41, 5.74) is 2.75. The van der Waals surface area contributed by atoms with Crippen molar-refractivity contribution < 1.29 is 4.39 Å². The van der Waals surface area contributed by atoms with Gasteiger partial charge < -0.3 is 4.98 Å². The molecule has 0 bridgehead atoms. The summed E-state index contributed by atoms with van der Waals surface area (Å²) in [5, 5.41) is 0. The fourth-order valence-electron chi connectivity index (χ4n) is 2.32. The predicted molar refractivity (Wildman–Crippen MR) is 67.0 cm³/mol. The van der Waals surface area contributed by atoms with Gasteiger partial charge in [-0.3, -0.25) is 4.79 Å². The van der Waals surface area contributed by atoms with Crippen LogP contribution in [0.25, 0.3) is 11.4 Å². The van der Waals surface area contributed by atoms with Crippen LogP contribution in [0, 0.1) is 12.7 Å². The van der Waals surface area contributed by atoms with E-state index in [1.807, 2.05) is 0 Å². The number of rotatable bonds is 1. The number of aromatic amines is 1. The molecule has 1 aliphatic carbocycles. The van der Waals surface area contributed by atoms with E-state index in [4.69, 9.17) is 0 Å². The van der Waals surface area contributed by atoms with Crippen LogP contribution < -0.4 is 5.56 Å². The highest BCUT2D eigenvalue weighted by Crippen LogP contribution is 2.21. The van der Waals surface area contributed by atoms with Gasteiger partial charge in [0, 0.05) is 11.1 Å². The molecule has 0 atom stereocenters. The molecule has 3 rings (SSSR count). The van der Waals surface area contributed by atoms with Crippen molar-refractivity contribution >= 4 is 0 Å². The Balaban J connectivity index is 2.15. The molecule has 0 spiro atoms. The topological polar surface area (TPSA) is 45.8 Å². The summed E-state index contributed by atoms with van der Waals surface area (Å²) >= 11 is 0. The minimum absolute atomic E-state index is 0.0894. The summed E-state index contributed by atoms with van der Waals surface area (Å²) in [7, 11) is 0. The predicted octanol–water partition coefficient (Wildman–Crippen LogP) is 2.37. The highest BCUT2D eigenvalue weighted by molar-refractivity contribution is 5.56. The molecule has 2 aromatic rings. The fraction of sp³-hybridized carbons (Fsp3) is 0.286. The Bertz CT molecular complexity index is 676. The van der Waals surface area contributed by atoms with Crippen LogP contribution in [0.1, 0.15) is 23.2 Å². The fourth-order valence-corrected chi connectivity index (χ4v) is 2.32. The molecule has 4 heteroatoms. The minimum atomic E-state index is -0.282. The highest BCUT2D eigenvalue weighted by atomic mass is 19.1. The van der Waals surface area contributed by atoms with Crippen LogP contribution in [-0.2, 0) is 12.8 Å². The first-order valence-corrected chi connectivity index (χ1v) is 6.04. The number of hydrogen-bond donors (Lipinski definition) is 1. The van der Waals surface area contributed by atoms with Gasteiger partial charge in [-0.15, -0.1) is 0 Å². The maximum absolute atomic E-state index is 13.5. The Hall–Kier alpha value is -1.97. The highest BCUT2D eigenvalue weighted by Gasteiger charge is 2.17. The SMILES string of the molecule is Cc1ccc(-c2nc3c(c(=O)[nH]2)CCC3)cc1F. The Morgan fingerprint density at radius 1 is 1.33 bits per heavy atom.